The Morgan fingerprint density at radius 3 is 2.56 bits per heavy atom. The van der Waals surface area contributed by atoms with Crippen molar-refractivity contribution in [3.63, 3.8) is 0 Å². The molecule has 1 aromatic heterocycles. The average molecular weight is 600 g/mol. The predicted molar refractivity (Wildman–Crippen MR) is 153 cm³/mol. The number of benzene rings is 3. The summed E-state index contributed by atoms with van der Waals surface area (Å²) >= 11 is 1.44. The van der Waals surface area contributed by atoms with Gasteiger partial charge in [0.2, 0.25) is 5.91 Å². The van der Waals surface area contributed by atoms with Crippen LogP contribution in [0.3, 0.4) is 0 Å². The summed E-state index contributed by atoms with van der Waals surface area (Å²) in [6, 6.07) is 15.0. The van der Waals surface area contributed by atoms with E-state index < -0.39 is 39.8 Å². The number of nitrogens with zero attached hydrogens (tertiary/aromatic N) is 3. The zero-order valence-corrected chi connectivity index (χ0v) is 23.6. The summed E-state index contributed by atoms with van der Waals surface area (Å²) in [5.74, 6) is -2.33. The van der Waals surface area contributed by atoms with Crippen LogP contribution in [-0.2, 0) is 21.4 Å². The Bertz CT molecular complexity index is 1660. The maximum Gasteiger partial charge on any atom is 0.330 e. The second kappa shape index (κ2) is 11.9. The van der Waals surface area contributed by atoms with Gasteiger partial charge < -0.3 is 10.2 Å². The third kappa shape index (κ3) is 6.69. The van der Waals surface area contributed by atoms with Crippen LogP contribution in [0.5, 0.6) is 0 Å². The Morgan fingerprint density at radius 1 is 1.10 bits per heavy atom. The number of rotatable bonds is 8. The SMILES string of the molecule is CN(C(=O)[C@H](Cc1cc(F)cc(F)c1)NC(=O)NS(=O)(=O)N1CCC(c2ccccc2)C1)c1ccc2scnc2c1. The molecule has 9 nitrogen and oxygen atoms in total. The number of nitrogens with one attached hydrogen (secondary N) is 2. The fraction of sp³-hybridized carbons (Fsp3) is 0.250. The Kier molecular flexibility index (Phi) is 8.29. The number of halogens is 2. The van der Waals surface area contributed by atoms with Gasteiger partial charge in [-0.1, -0.05) is 30.3 Å². The minimum atomic E-state index is -4.23. The van der Waals surface area contributed by atoms with Crippen LogP contribution in [0.2, 0.25) is 0 Å². The van der Waals surface area contributed by atoms with E-state index in [-0.39, 0.29) is 31.0 Å². The molecule has 3 amide bonds. The molecular weight excluding hydrogens is 572 g/mol. The highest BCUT2D eigenvalue weighted by atomic mass is 32.2. The third-order valence-corrected chi connectivity index (χ3v) is 9.25. The van der Waals surface area contributed by atoms with Crippen LogP contribution < -0.4 is 14.9 Å². The molecule has 4 aromatic rings. The molecular formula is C28H27F2N5O4S2. The van der Waals surface area contributed by atoms with Crippen molar-refractivity contribution in [1.82, 2.24) is 19.3 Å². The number of fused-ring (bicyclic) bond motifs is 1. The normalized spacial score (nSPS) is 16.4. The van der Waals surface area contributed by atoms with E-state index in [9.17, 15) is 26.8 Å². The van der Waals surface area contributed by atoms with Crippen molar-refractivity contribution in [3.05, 3.63) is 95.0 Å². The Labute approximate surface area is 240 Å². The van der Waals surface area contributed by atoms with Gasteiger partial charge in [-0.15, -0.1) is 11.3 Å². The average Bonchev–Trinajstić information content (AvgIpc) is 3.62. The molecule has 2 atom stereocenters. The number of urea groups is 1. The summed E-state index contributed by atoms with van der Waals surface area (Å²) in [4.78, 5) is 32.0. The topological polar surface area (TPSA) is 112 Å². The van der Waals surface area contributed by atoms with Crippen LogP contribution >= 0.6 is 11.3 Å². The van der Waals surface area contributed by atoms with E-state index >= 15 is 0 Å². The van der Waals surface area contributed by atoms with Crippen molar-refractivity contribution in [2.45, 2.75) is 24.8 Å². The molecule has 214 valence electrons. The summed E-state index contributed by atoms with van der Waals surface area (Å²) < 4.78 is 57.9. The van der Waals surface area contributed by atoms with E-state index in [2.05, 4.69) is 10.3 Å². The molecule has 2 N–H and O–H groups in total. The molecule has 0 bridgehead atoms. The number of hydrogen-bond acceptors (Lipinski definition) is 6. The number of hydrogen-bond donors (Lipinski definition) is 2. The minimum absolute atomic E-state index is 0.0169. The lowest BCUT2D eigenvalue weighted by atomic mass is 9.99. The Morgan fingerprint density at radius 2 is 1.83 bits per heavy atom. The molecule has 0 radical (unpaired) electrons. The number of anilines is 1. The van der Waals surface area contributed by atoms with E-state index in [1.807, 2.05) is 35.1 Å². The van der Waals surface area contributed by atoms with Gasteiger partial charge in [0.25, 0.3) is 0 Å². The first-order valence-electron chi connectivity index (χ1n) is 12.8. The zero-order chi connectivity index (χ0) is 29.1. The van der Waals surface area contributed by atoms with E-state index in [1.54, 1.807) is 23.7 Å². The van der Waals surface area contributed by atoms with Crippen molar-refractivity contribution >= 4 is 49.4 Å². The van der Waals surface area contributed by atoms with Crippen LogP contribution in [0.1, 0.15) is 23.5 Å². The van der Waals surface area contributed by atoms with Gasteiger partial charge in [-0.05, 0) is 53.8 Å². The van der Waals surface area contributed by atoms with Gasteiger partial charge in [-0.2, -0.15) is 12.7 Å². The van der Waals surface area contributed by atoms with Gasteiger partial charge in [0.05, 0.1) is 15.7 Å². The van der Waals surface area contributed by atoms with E-state index in [0.717, 1.165) is 22.4 Å². The van der Waals surface area contributed by atoms with Crippen LogP contribution in [0.25, 0.3) is 10.2 Å². The van der Waals surface area contributed by atoms with E-state index in [1.165, 1.54) is 27.6 Å². The van der Waals surface area contributed by atoms with Gasteiger partial charge >= 0.3 is 16.2 Å². The van der Waals surface area contributed by atoms with Crippen LogP contribution in [0.4, 0.5) is 19.3 Å². The maximum atomic E-state index is 13.9. The number of amides is 3. The fourth-order valence-electron chi connectivity index (χ4n) is 4.89. The Hall–Kier alpha value is -3.94. The van der Waals surface area contributed by atoms with Gasteiger partial charge in [-0.3, -0.25) is 4.79 Å². The summed E-state index contributed by atoms with van der Waals surface area (Å²) in [5, 5.41) is 2.40. The standard InChI is InChI=1S/C28H27F2N5O4S2/c1-34(23-7-8-26-24(15-23)31-17-40-26)27(36)25(13-18-11-21(29)14-22(30)12-18)32-28(37)33-41(38,39)35-10-9-20(16-35)19-5-3-2-4-6-19/h2-8,11-12,14-15,17,20,25H,9-10,13,16H2,1H3,(H2,32,33,37)/t20?,25-/m0/s1. The molecule has 13 heteroatoms. The largest absolute Gasteiger partial charge is 0.330 e. The first kappa shape index (κ1) is 28.6. The second-order valence-corrected chi connectivity index (χ2v) is 12.3. The van der Waals surface area contributed by atoms with Crippen LogP contribution in [0.15, 0.2) is 72.2 Å². The van der Waals surface area contributed by atoms with Crippen LogP contribution in [0, 0.1) is 11.6 Å². The Balaban J connectivity index is 1.32. The summed E-state index contributed by atoms with van der Waals surface area (Å²) in [6.45, 7) is 0.411. The van der Waals surface area contributed by atoms with Crippen molar-refractivity contribution in [2.24, 2.45) is 0 Å². The molecule has 2 heterocycles. The molecule has 5 rings (SSSR count). The van der Waals surface area contributed by atoms with Crippen molar-refractivity contribution in [3.8, 4) is 0 Å². The second-order valence-electron chi connectivity index (χ2n) is 9.77. The number of thiazole rings is 1. The van der Waals surface area contributed by atoms with Gasteiger partial charge in [0, 0.05) is 38.3 Å². The monoisotopic (exact) mass is 599 g/mol. The molecule has 1 unspecified atom stereocenters. The number of likely N-dealkylation sites (N-methyl/N-ethyl adjacent to an activating group) is 1. The zero-order valence-electron chi connectivity index (χ0n) is 22.0. The van der Waals surface area contributed by atoms with E-state index in [0.29, 0.717) is 23.7 Å². The minimum Gasteiger partial charge on any atom is -0.325 e. The summed E-state index contributed by atoms with van der Waals surface area (Å²) in [5.41, 5.74) is 3.93. The molecule has 0 aliphatic carbocycles. The highest BCUT2D eigenvalue weighted by Gasteiger charge is 2.34. The van der Waals surface area contributed by atoms with Crippen LogP contribution in [-0.4, -0.2) is 55.8 Å². The molecule has 1 aliphatic heterocycles. The fourth-order valence-corrected chi connectivity index (χ4v) is 6.70. The summed E-state index contributed by atoms with van der Waals surface area (Å²) in [7, 11) is -2.74. The third-order valence-electron chi connectivity index (χ3n) is 6.98. The molecule has 0 spiro atoms. The molecule has 1 saturated heterocycles. The van der Waals surface area contributed by atoms with Crippen molar-refractivity contribution in [2.75, 3.05) is 25.0 Å². The first-order valence-corrected chi connectivity index (χ1v) is 15.1. The smallest absolute Gasteiger partial charge is 0.325 e. The van der Waals surface area contributed by atoms with Crippen molar-refractivity contribution in [1.29, 1.82) is 0 Å². The number of carbonyl (C=O) groups excluding carboxylic acids is 2. The predicted octanol–water partition coefficient (Wildman–Crippen LogP) is 4.18. The molecule has 41 heavy (non-hydrogen) atoms. The lowest BCUT2D eigenvalue weighted by Gasteiger charge is -2.25. The van der Waals surface area contributed by atoms with E-state index in [4.69, 9.17) is 0 Å². The quantitative estimate of drug-likeness (QED) is 0.316. The molecule has 1 fully saturated rings. The highest BCUT2D eigenvalue weighted by molar-refractivity contribution is 7.87. The van der Waals surface area contributed by atoms with Gasteiger partial charge in [0.15, 0.2) is 0 Å². The number of aromatic nitrogens is 1. The van der Waals surface area contributed by atoms with Gasteiger partial charge in [-0.25, -0.2) is 23.3 Å². The first-order chi connectivity index (χ1) is 19.6. The van der Waals surface area contributed by atoms with Crippen molar-refractivity contribution < 1.29 is 26.8 Å². The molecule has 3 aromatic carbocycles. The summed E-state index contributed by atoms with van der Waals surface area (Å²) in [6.07, 6.45) is 0.303. The maximum absolute atomic E-state index is 13.9. The lowest BCUT2D eigenvalue weighted by Crippen LogP contribution is -2.54. The lowest BCUT2D eigenvalue weighted by molar-refractivity contribution is -0.120. The molecule has 1 aliphatic rings. The highest BCUT2D eigenvalue weighted by Crippen LogP contribution is 2.28. The van der Waals surface area contributed by atoms with Gasteiger partial charge in [0.1, 0.15) is 17.7 Å². The molecule has 0 saturated carbocycles. The number of carbonyl (C=O) groups is 2.